The fraction of sp³-hybridized carbons (Fsp3) is 0.417. The molecule has 5 nitrogen and oxygen atoms in total. The molecular formula is C24H31NO4. The highest BCUT2D eigenvalue weighted by molar-refractivity contribution is 6.02. The van der Waals surface area contributed by atoms with E-state index in [0.717, 1.165) is 22.3 Å². The monoisotopic (exact) mass is 397 g/mol. The molecule has 2 aromatic rings. The smallest absolute Gasteiger partial charge is 0.193 e. The molecule has 0 radical (unpaired) electrons. The highest BCUT2D eigenvalue weighted by atomic mass is 16.3. The average Bonchev–Trinajstić information content (AvgIpc) is 2.62. The Morgan fingerprint density at radius 1 is 0.759 bits per heavy atom. The van der Waals surface area contributed by atoms with Crippen molar-refractivity contribution in [1.82, 2.24) is 5.32 Å². The zero-order valence-electron chi connectivity index (χ0n) is 18.1. The van der Waals surface area contributed by atoms with Crippen molar-refractivity contribution in [2.75, 3.05) is 0 Å². The van der Waals surface area contributed by atoms with Gasteiger partial charge in [-0.1, -0.05) is 24.3 Å². The van der Waals surface area contributed by atoms with E-state index in [-0.39, 0.29) is 11.6 Å². The fourth-order valence-corrected chi connectivity index (χ4v) is 3.04. The lowest BCUT2D eigenvalue weighted by molar-refractivity contribution is 0.0487. The first kappa shape index (κ1) is 22.9. The second-order valence-corrected chi connectivity index (χ2v) is 8.66. The quantitative estimate of drug-likeness (QED) is 0.594. The lowest BCUT2D eigenvalue weighted by Gasteiger charge is -2.18. The van der Waals surface area contributed by atoms with E-state index in [1.54, 1.807) is 12.1 Å². The second kappa shape index (κ2) is 8.57. The molecule has 156 valence electrons. The van der Waals surface area contributed by atoms with Gasteiger partial charge in [0.2, 0.25) is 0 Å². The van der Waals surface area contributed by atoms with Crippen LogP contribution in [0.25, 0.3) is 0 Å². The normalized spacial score (nSPS) is 12.1. The van der Waals surface area contributed by atoms with Gasteiger partial charge < -0.3 is 15.5 Å². The minimum atomic E-state index is -1.41. The number of aryl methyl sites for hydroxylation is 2. The molecule has 0 amide bonds. The van der Waals surface area contributed by atoms with Crippen LogP contribution >= 0.6 is 0 Å². The van der Waals surface area contributed by atoms with E-state index in [1.807, 2.05) is 38.1 Å². The average molecular weight is 398 g/mol. The molecule has 0 spiro atoms. The number of aliphatic hydroxyl groups is 2. The van der Waals surface area contributed by atoms with E-state index < -0.39 is 11.2 Å². The van der Waals surface area contributed by atoms with Crippen molar-refractivity contribution in [3.05, 3.63) is 69.8 Å². The summed E-state index contributed by atoms with van der Waals surface area (Å²) in [6.45, 7) is 11.0. The Balaban J connectivity index is 2.14. The van der Waals surface area contributed by atoms with Crippen LogP contribution in [-0.4, -0.2) is 33.0 Å². The highest BCUT2D eigenvalue weighted by Crippen LogP contribution is 2.19. The molecule has 2 aromatic carbocycles. The number of hydrogen-bond donors (Lipinski definition) is 3. The van der Waals surface area contributed by atoms with Crippen molar-refractivity contribution in [3.8, 4) is 0 Å². The first-order valence-electron chi connectivity index (χ1n) is 9.75. The van der Waals surface area contributed by atoms with Crippen molar-refractivity contribution in [3.63, 3.8) is 0 Å². The Bertz CT molecular complexity index is 842. The molecule has 0 bridgehead atoms. The summed E-state index contributed by atoms with van der Waals surface area (Å²) in [6, 6.07) is 10.8. The summed E-state index contributed by atoms with van der Waals surface area (Å²) < 4.78 is 0. The third-order valence-corrected chi connectivity index (χ3v) is 4.96. The molecule has 0 saturated heterocycles. The molecule has 0 heterocycles. The van der Waals surface area contributed by atoms with E-state index in [0.29, 0.717) is 24.2 Å². The van der Waals surface area contributed by atoms with Gasteiger partial charge in [0.15, 0.2) is 11.6 Å². The Morgan fingerprint density at radius 3 is 1.41 bits per heavy atom. The number of benzene rings is 2. The van der Waals surface area contributed by atoms with Crippen LogP contribution in [0.5, 0.6) is 0 Å². The lowest BCUT2D eigenvalue weighted by atomic mass is 9.93. The number of carbonyl (C=O) groups is 2. The Hall–Kier alpha value is -2.34. The van der Waals surface area contributed by atoms with Crippen LogP contribution in [0, 0.1) is 13.8 Å². The Labute approximate surface area is 172 Å². The molecule has 0 aromatic heterocycles. The van der Waals surface area contributed by atoms with Gasteiger partial charge in [-0.15, -0.1) is 0 Å². The maximum atomic E-state index is 12.3. The first-order chi connectivity index (χ1) is 13.3. The summed E-state index contributed by atoms with van der Waals surface area (Å²) in [5.74, 6) is -0.625. The van der Waals surface area contributed by atoms with Crippen LogP contribution in [0.15, 0.2) is 36.4 Å². The maximum absolute atomic E-state index is 12.3. The largest absolute Gasteiger partial charge is 0.382 e. The van der Waals surface area contributed by atoms with Gasteiger partial charge in [-0.05, 0) is 75.9 Å². The minimum absolute atomic E-state index is 0.313. The van der Waals surface area contributed by atoms with Gasteiger partial charge >= 0.3 is 0 Å². The molecule has 29 heavy (non-hydrogen) atoms. The number of hydrogen-bond acceptors (Lipinski definition) is 5. The highest BCUT2D eigenvalue weighted by Gasteiger charge is 2.26. The molecule has 0 aliphatic rings. The van der Waals surface area contributed by atoms with Crippen molar-refractivity contribution in [2.45, 2.75) is 65.8 Å². The van der Waals surface area contributed by atoms with E-state index >= 15 is 0 Å². The molecular weight excluding hydrogens is 366 g/mol. The maximum Gasteiger partial charge on any atom is 0.193 e. The van der Waals surface area contributed by atoms with Crippen LogP contribution in [0.4, 0.5) is 0 Å². The molecule has 0 fully saturated rings. The van der Waals surface area contributed by atoms with Crippen molar-refractivity contribution in [1.29, 1.82) is 0 Å². The van der Waals surface area contributed by atoms with Gasteiger partial charge in [0.25, 0.3) is 0 Å². The fourth-order valence-electron chi connectivity index (χ4n) is 3.04. The van der Waals surface area contributed by atoms with E-state index in [1.165, 1.54) is 27.7 Å². The predicted octanol–water partition coefficient (Wildman–Crippen LogP) is 3.50. The van der Waals surface area contributed by atoms with Gasteiger partial charge in [-0.3, -0.25) is 9.59 Å². The van der Waals surface area contributed by atoms with Crippen LogP contribution in [-0.2, 0) is 13.1 Å². The van der Waals surface area contributed by atoms with Crippen LogP contribution in [0.3, 0.4) is 0 Å². The zero-order chi connectivity index (χ0) is 22.0. The van der Waals surface area contributed by atoms with E-state index in [2.05, 4.69) is 5.32 Å². The summed E-state index contributed by atoms with van der Waals surface area (Å²) in [6.07, 6.45) is 0. The molecule has 0 aliphatic carbocycles. The standard InChI is InChI=1S/C24H31NO4/c1-15-7-9-17(21(26)23(3,4)28)11-19(15)13-25-14-20-12-18(10-8-16(20)2)22(27)24(5,6)29/h7-12,25,28-29H,13-14H2,1-6H3. The van der Waals surface area contributed by atoms with Gasteiger partial charge in [0.1, 0.15) is 11.2 Å². The first-order valence-corrected chi connectivity index (χ1v) is 9.75. The van der Waals surface area contributed by atoms with Gasteiger partial charge in [-0.2, -0.15) is 0 Å². The third-order valence-electron chi connectivity index (χ3n) is 4.96. The van der Waals surface area contributed by atoms with E-state index in [9.17, 15) is 19.8 Å². The van der Waals surface area contributed by atoms with Gasteiger partial charge in [-0.25, -0.2) is 0 Å². The molecule has 0 aliphatic heterocycles. The third kappa shape index (κ3) is 5.82. The summed E-state index contributed by atoms with van der Waals surface area (Å²) in [7, 11) is 0. The topological polar surface area (TPSA) is 86.6 Å². The number of rotatable bonds is 8. The lowest BCUT2D eigenvalue weighted by Crippen LogP contribution is -2.31. The summed E-state index contributed by atoms with van der Waals surface area (Å²) in [5.41, 5.74) is 2.18. The number of carbonyl (C=O) groups excluding carboxylic acids is 2. The number of ketones is 2. The van der Waals surface area contributed by atoms with Crippen molar-refractivity contribution in [2.24, 2.45) is 0 Å². The Kier molecular flexibility index (Phi) is 6.78. The SMILES string of the molecule is Cc1ccc(C(=O)C(C)(C)O)cc1CNCc1cc(C(=O)C(C)(C)O)ccc1C. The molecule has 5 heteroatoms. The molecule has 0 saturated carbocycles. The van der Waals surface area contributed by atoms with Gasteiger partial charge in [0.05, 0.1) is 0 Å². The number of Topliss-reactive ketones (excluding diaryl/α,β-unsaturated/α-hetero) is 2. The van der Waals surface area contributed by atoms with Gasteiger partial charge in [0, 0.05) is 24.2 Å². The van der Waals surface area contributed by atoms with Crippen molar-refractivity contribution < 1.29 is 19.8 Å². The summed E-state index contributed by atoms with van der Waals surface area (Å²) >= 11 is 0. The molecule has 0 atom stereocenters. The molecule has 2 rings (SSSR count). The van der Waals surface area contributed by atoms with Crippen LogP contribution < -0.4 is 5.32 Å². The molecule has 3 N–H and O–H groups in total. The predicted molar refractivity (Wildman–Crippen MR) is 114 cm³/mol. The van der Waals surface area contributed by atoms with Crippen molar-refractivity contribution >= 4 is 11.6 Å². The second-order valence-electron chi connectivity index (χ2n) is 8.66. The Morgan fingerprint density at radius 2 is 1.10 bits per heavy atom. The van der Waals surface area contributed by atoms with Crippen LogP contribution in [0.1, 0.15) is 70.7 Å². The zero-order valence-corrected chi connectivity index (χ0v) is 18.1. The summed E-state index contributed by atoms with van der Waals surface area (Å²) in [5, 5.41) is 23.3. The van der Waals surface area contributed by atoms with Crippen LogP contribution in [0.2, 0.25) is 0 Å². The summed E-state index contributed by atoms with van der Waals surface area (Å²) in [4.78, 5) is 24.7. The molecule has 0 unspecified atom stereocenters. The van der Waals surface area contributed by atoms with E-state index in [4.69, 9.17) is 0 Å². The minimum Gasteiger partial charge on any atom is -0.382 e. The number of nitrogens with one attached hydrogen (secondary N) is 1.